The number of methoxy groups -OCH3 is 1. The average Bonchev–Trinajstić information content (AvgIpc) is 3.01. The third-order valence-corrected chi connectivity index (χ3v) is 6.56. The Kier molecular flexibility index (Phi) is 7.05. The molecule has 0 aliphatic rings. The molecule has 6 nitrogen and oxygen atoms in total. The first kappa shape index (κ1) is 20.7. The van der Waals surface area contributed by atoms with Crippen molar-refractivity contribution < 1.29 is 22.7 Å². The number of nitrogens with one attached hydrogen (secondary N) is 1. The summed E-state index contributed by atoms with van der Waals surface area (Å²) in [6.45, 7) is 3.47. The Labute approximate surface area is 162 Å². The van der Waals surface area contributed by atoms with Crippen LogP contribution in [0.3, 0.4) is 0 Å². The van der Waals surface area contributed by atoms with Crippen molar-refractivity contribution in [3.05, 3.63) is 46.3 Å². The fourth-order valence-corrected chi connectivity index (χ4v) is 4.95. The molecular formula is C17H20ClNO5S2. The summed E-state index contributed by atoms with van der Waals surface area (Å²) in [4.78, 5) is 12.1. The Bertz CT molecular complexity index is 846. The van der Waals surface area contributed by atoms with Gasteiger partial charge in [-0.15, -0.1) is 11.3 Å². The molecule has 2 aromatic rings. The summed E-state index contributed by atoms with van der Waals surface area (Å²) in [6.07, 6.45) is -0.422. The third-order valence-electron chi connectivity index (χ3n) is 3.37. The van der Waals surface area contributed by atoms with E-state index in [0.717, 1.165) is 11.3 Å². The number of hydrogen-bond acceptors (Lipinski definition) is 6. The van der Waals surface area contributed by atoms with Crippen LogP contribution in [0.2, 0.25) is 4.34 Å². The van der Waals surface area contributed by atoms with Gasteiger partial charge < -0.3 is 9.47 Å². The maximum absolute atomic E-state index is 12.6. The van der Waals surface area contributed by atoms with Crippen LogP contribution in [0.5, 0.6) is 5.75 Å². The second-order valence-corrected chi connectivity index (χ2v) is 9.40. The number of halogens is 1. The first-order valence-electron chi connectivity index (χ1n) is 7.82. The predicted molar refractivity (Wildman–Crippen MR) is 101 cm³/mol. The van der Waals surface area contributed by atoms with Crippen LogP contribution >= 0.6 is 22.9 Å². The highest BCUT2D eigenvalue weighted by Gasteiger charge is 2.26. The van der Waals surface area contributed by atoms with Crippen molar-refractivity contribution in [2.75, 3.05) is 7.11 Å². The van der Waals surface area contributed by atoms with E-state index < -0.39 is 22.0 Å². The number of esters is 1. The molecule has 1 unspecified atom stereocenters. The molecule has 0 aliphatic carbocycles. The Balaban J connectivity index is 2.28. The summed E-state index contributed by atoms with van der Waals surface area (Å²) in [7, 11) is -2.29. The summed E-state index contributed by atoms with van der Waals surface area (Å²) in [6, 6.07) is 8.96. The topological polar surface area (TPSA) is 81.7 Å². The maximum Gasteiger partial charge on any atom is 0.308 e. The lowest BCUT2D eigenvalue weighted by atomic mass is 10.0. The molecule has 1 N–H and O–H groups in total. The molecule has 0 spiro atoms. The van der Waals surface area contributed by atoms with E-state index in [1.54, 1.807) is 38.1 Å². The highest BCUT2D eigenvalue weighted by atomic mass is 35.5. The number of sulfonamides is 1. The van der Waals surface area contributed by atoms with Crippen LogP contribution in [0.25, 0.3) is 0 Å². The van der Waals surface area contributed by atoms with Crippen molar-refractivity contribution >= 4 is 38.9 Å². The minimum Gasteiger partial charge on any atom is -0.497 e. The quantitative estimate of drug-likeness (QED) is 0.661. The Morgan fingerprint density at radius 3 is 2.35 bits per heavy atom. The van der Waals surface area contributed by atoms with E-state index >= 15 is 0 Å². The largest absolute Gasteiger partial charge is 0.497 e. The minimum atomic E-state index is -3.83. The molecule has 1 atom stereocenters. The zero-order chi connectivity index (χ0) is 19.3. The summed E-state index contributed by atoms with van der Waals surface area (Å²) in [5.74, 6) is 0.137. The van der Waals surface area contributed by atoms with E-state index in [1.165, 1.54) is 19.2 Å². The van der Waals surface area contributed by atoms with Crippen LogP contribution in [-0.2, 0) is 19.6 Å². The van der Waals surface area contributed by atoms with Crippen LogP contribution in [0.4, 0.5) is 0 Å². The smallest absolute Gasteiger partial charge is 0.308 e. The molecule has 0 aliphatic heterocycles. The van der Waals surface area contributed by atoms with Crippen molar-refractivity contribution in [3.63, 3.8) is 0 Å². The molecule has 1 aromatic heterocycles. The Morgan fingerprint density at radius 2 is 1.85 bits per heavy atom. The third kappa shape index (κ3) is 5.70. The molecule has 26 heavy (non-hydrogen) atoms. The molecule has 142 valence electrons. The number of ether oxygens (including phenoxy) is 2. The van der Waals surface area contributed by atoms with Crippen molar-refractivity contribution in [1.82, 2.24) is 4.72 Å². The second-order valence-electron chi connectivity index (χ2n) is 5.75. The summed E-state index contributed by atoms with van der Waals surface area (Å²) in [5, 5.41) is 0. The van der Waals surface area contributed by atoms with Gasteiger partial charge in [0.15, 0.2) is 0 Å². The molecule has 2 rings (SSSR count). The SMILES string of the molecule is COc1ccc(C(CC(=O)OC(C)C)NS(=O)(=O)c2ccc(Cl)s2)cc1. The average molecular weight is 418 g/mol. The molecule has 0 bridgehead atoms. The van der Waals surface area contributed by atoms with Crippen molar-refractivity contribution in [1.29, 1.82) is 0 Å². The highest BCUT2D eigenvalue weighted by Crippen LogP contribution is 2.28. The molecule has 0 saturated carbocycles. The summed E-state index contributed by atoms with van der Waals surface area (Å²) < 4.78 is 38.5. The van der Waals surface area contributed by atoms with E-state index in [4.69, 9.17) is 21.1 Å². The first-order chi connectivity index (χ1) is 12.2. The van der Waals surface area contributed by atoms with Crippen LogP contribution in [0.15, 0.2) is 40.6 Å². The minimum absolute atomic E-state index is 0.0817. The first-order valence-corrected chi connectivity index (χ1v) is 10.5. The van der Waals surface area contributed by atoms with E-state index in [1.807, 2.05) is 0 Å². The van der Waals surface area contributed by atoms with Gasteiger partial charge in [-0.2, -0.15) is 0 Å². The fourth-order valence-electron chi connectivity index (χ4n) is 2.23. The van der Waals surface area contributed by atoms with Gasteiger partial charge >= 0.3 is 5.97 Å². The predicted octanol–water partition coefficient (Wildman–Crippen LogP) is 3.77. The van der Waals surface area contributed by atoms with Crippen LogP contribution in [0.1, 0.15) is 31.9 Å². The van der Waals surface area contributed by atoms with Crippen LogP contribution < -0.4 is 9.46 Å². The molecule has 9 heteroatoms. The number of rotatable bonds is 8. The van der Waals surface area contributed by atoms with E-state index in [2.05, 4.69) is 4.72 Å². The number of carbonyl (C=O) groups excluding carboxylic acids is 1. The van der Waals surface area contributed by atoms with Gasteiger partial charge in [0, 0.05) is 0 Å². The van der Waals surface area contributed by atoms with Crippen molar-refractivity contribution in [2.45, 2.75) is 36.6 Å². The van der Waals surface area contributed by atoms with Gasteiger partial charge in [0.1, 0.15) is 9.96 Å². The number of carbonyl (C=O) groups is 1. The van der Waals surface area contributed by atoms with E-state index in [0.29, 0.717) is 15.6 Å². The van der Waals surface area contributed by atoms with Gasteiger partial charge in [-0.3, -0.25) is 4.79 Å². The van der Waals surface area contributed by atoms with Gasteiger partial charge in [0.25, 0.3) is 10.0 Å². The van der Waals surface area contributed by atoms with Gasteiger partial charge in [-0.1, -0.05) is 23.7 Å². The van der Waals surface area contributed by atoms with Crippen LogP contribution in [-0.4, -0.2) is 27.6 Å². The van der Waals surface area contributed by atoms with E-state index in [-0.39, 0.29) is 16.7 Å². The molecule has 0 amide bonds. The lowest BCUT2D eigenvalue weighted by Gasteiger charge is -2.19. The highest BCUT2D eigenvalue weighted by molar-refractivity contribution is 7.91. The number of hydrogen-bond donors (Lipinski definition) is 1. The second kappa shape index (κ2) is 8.85. The normalized spacial score (nSPS) is 12.8. The molecule has 0 saturated heterocycles. The fraction of sp³-hybridized carbons (Fsp3) is 0.353. The monoisotopic (exact) mass is 417 g/mol. The van der Waals surface area contributed by atoms with Gasteiger partial charge in [-0.05, 0) is 43.7 Å². The standard InChI is InChI=1S/C17H20ClNO5S2/c1-11(2)24-16(20)10-14(12-4-6-13(23-3)7-5-12)19-26(21,22)17-9-8-15(18)25-17/h4-9,11,14,19H,10H2,1-3H3. The van der Waals surface area contributed by atoms with Gasteiger partial charge in [0.05, 0.1) is 30.0 Å². The molecule has 0 fully saturated rings. The lowest BCUT2D eigenvalue weighted by molar-refractivity contribution is -0.147. The Hall–Kier alpha value is -1.61. The molecule has 0 radical (unpaired) electrons. The zero-order valence-electron chi connectivity index (χ0n) is 14.6. The van der Waals surface area contributed by atoms with Crippen molar-refractivity contribution in [2.24, 2.45) is 0 Å². The van der Waals surface area contributed by atoms with E-state index in [9.17, 15) is 13.2 Å². The van der Waals surface area contributed by atoms with Crippen molar-refractivity contribution in [3.8, 4) is 5.75 Å². The number of thiophene rings is 1. The van der Waals surface area contributed by atoms with Crippen LogP contribution in [0, 0.1) is 0 Å². The number of benzene rings is 1. The molecular weight excluding hydrogens is 398 g/mol. The maximum atomic E-state index is 12.6. The van der Waals surface area contributed by atoms with Gasteiger partial charge in [0.2, 0.25) is 0 Å². The van der Waals surface area contributed by atoms with Gasteiger partial charge in [-0.25, -0.2) is 13.1 Å². The lowest BCUT2D eigenvalue weighted by Crippen LogP contribution is -2.30. The summed E-state index contributed by atoms with van der Waals surface area (Å²) >= 11 is 6.78. The zero-order valence-corrected chi connectivity index (χ0v) is 17.0. The molecule has 1 heterocycles. The molecule has 1 aromatic carbocycles. The summed E-state index contributed by atoms with van der Waals surface area (Å²) in [5.41, 5.74) is 0.623. The Morgan fingerprint density at radius 1 is 1.19 bits per heavy atom.